The Hall–Kier alpha value is -1.75. The van der Waals surface area contributed by atoms with E-state index in [-0.39, 0.29) is 24.0 Å². The molecule has 2 atom stereocenters. The maximum Gasteiger partial charge on any atom is 0.231 e. The van der Waals surface area contributed by atoms with Gasteiger partial charge in [0.1, 0.15) is 0 Å². The monoisotopic (exact) mass is 345 g/mol. The Bertz CT molecular complexity index is 653. The number of carbonyl (C=O) groups is 1. The molecule has 4 rings (SSSR count). The van der Waals surface area contributed by atoms with E-state index in [9.17, 15) is 9.90 Å². The molecule has 2 aliphatic heterocycles. The normalized spacial score (nSPS) is 28.0. The zero-order chi connectivity index (χ0) is 17.4. The summed E-state index contributed by atoms with van der Waals surface area (Å²) in [5.41, 5.74) is 0.830. The molecule has 0 aromatic heterocycles. The van der Waals surface area contributed by atoms with E-state index in [1.54, 1.807) is 0 Å². The van der Waals surface area contributed by atoms with E-state index in [1.807, 2.05) is 23.1 Å². The van der Waals surface area contributed by atoms with Crippen molar-refractivity contribution in [3.8, 4) is 11.5 Å². The van der Waals surface area contributed by atoms with E-state index in [0.29, 0.717) is 13.1 Å². The predicted octanol–water partition coefficient (Wildman–Crippen LogP) is 3.06. The topological polar surface area (TPSA) is 59.0 Å². The average molecular weight is 345 g/mol. The molecule has 2 fully saturated rings. The van der Waals surface area contributed by atoms with Gasteiger partial charge >= 0.3 is 0 Å². The van der Waals surface area contributed by atoms with Gasteiger partial charge in [-0.1, -0.05) is 32.3 Å². The second kappa shape index (κ2) is 6.52. The highest BCUT2D eigenvalue weighted by atomic mass is 16.7. The van der Waals surface area contributed by atoms with E-state index >= 15 is 0 Å². The Morgan fingerprint density at radius 3 is 2.72 bits per heavy atom. The van der Waals surface area contributed by atoms with Crippen LogP contribution in [0, 0.1) is 5.41 Å². The Labute approximate surface area is 148 Å². The average Bonchev–Trinajstić information content (AvgIpc) is 3.09. The molecule has 1 amide bonds. The maximum absolute atomic E-state index is 13.0. The van der Waals surface area contributed by atoms with Gasteiger partial charge in [-0.2, -0.15) is 0 Å². The van der Waals surface area contributed by atoms with Crippen LogP contribution >= 0.6 is 0 Å². The Balaban J connectivity index is 1.44. The maximum atomic E-state index is 13.0. The first-order valence-corrected chi connectivity index (χ1v) is 9.44. The fourth-order valence-electron chi connectivity index (χ4n) is 4.58. The molecule has 2 heterocycles. The number of amides is 1. The molecular formula is C20H27NO4. The first kappa shape index (κ1) is 16.7. The molecule has 136 valence electrons. The van der Waals surface area contributed by atoms with E-state index in [2.05, 4.69) is 6.92 Å². The minimum absolute atomic E-state index is 0.0395. The molecule has 0 spiro atoms. The third kappa shape index (κ3) is 3.10. The van der Waals surface area contributed by atoms with E-state index in [0.717, 1.165) is 49.2 Å². The van der Waals surface area contributed by atoms with Crippen molar-refractivity contribution in [2.45, 2.75) is 57.5 Å². The number of piperidine rings is 1. The lowest BCUT2D eigenvalue weighted by atomic mass is 9.74. The predicted molar refractivity (Wildman–Crippen MR) is 93.7 cm³/mol. The van der Waals surface area contributed by atoms with Crippen LogP contribution in [0.15, 0.2) is 18.2 Å². The van der Waals surface area contributed by atoms with Gasteiger partial charge in [-0.05, 0) is 37.0 Å². The number of fused-ring (bicyclic) bond motifs is 1. The molecule has 25 heavy (non-hydrogen) atoms. The first-order chi connectivity index (χ1) is 12.1. The standard InChI is InChI=1S/C20H27NO4/c1-20(8-3-2-4-9-20)19(23)21-10-7-15(16(22)12-21)14-5-6-17-18(11-14)25-13-24-17/h5-6,11,15-16,22H,2-4,7-10,12-13H2,1H3/t15-,16+/m1/s1. The Kier molecular flexibility index (Phi) is 4.36. The molecule has 1 aromatic carbocycles. The number of hydrogen-bond donors (Lipinski definition) is 1. The fourth-order valence-corrected chi connectivity index (χ4v) is 4.58. The summed E-state index contributed by atoms with van der Waals surface area (Å²) in [6.45, 7) is 3.50. The van der Waals surface area contributed by atoms with Crippen molar-refractivity contribution in [1.82, 2.24) is 4.90 Å². The lowest BCUT2D eigenvalue weighted by Gasteiger charge is -2.42. The van der Waals surface area contributed by atoms with Gasteiger partial charge in [0, 0.05) is 24.4 Å². The van der Waals surface area contributed by atoms with Crippen molar-refractivity contribution < 1.29 is 19.4 Å². The van der Waals surface area contributed by atoms with Crippen molar-refractivity contribution in [3.63, 3.8) is 0 Å². The zero-order valence-electron chi connectivity index (χ0n) is 14.9. The van der Waals surface area contributed by atoms with Crippen molar-refractivity contribution in [3.05, 3.63) is 23.8 Å². The summed E-state index contributed by atoms with van der Waals surface area (Å²) >= 11 is 0. The Morgan fingerprint density at radius 2 is 1.96 bits per heavy atom. The number of ether oxygens (including phenoxy) is 2. The molecule has 1 N–H and O–H groups in total. The summed E-state index contributed by atoms with van der Waals surface area (Å²) in [7, 11) is 0. The zero-order valence-corrected chi connectivity index (χ0v) is 14.9. The lowest BCUT2D eigenvalue weighted by molar-refractivity contribution is -0.146. The summed E-state index contributed by atoms with van der Waals surface area (Å²) in [5, 5.41) is 10.7. The summed E-state index contributed by atoms with van der Waals surface area (Å²) < 4.78 is 10.8. The highest BCUT2D eigenvalue weighted by Crippen LogP contribution is 2.40. The van der Waals surface area contributed by atoms with E-state index in [1.165, 1.54) is 6.42 Å². The number of aliphatic hydroxyl groups excluding tert-OH is 1. The molecule has 1 aliphatic carbocycles. The first-order valence-electron chi connectivity index (χ1n) is 9.44. The van der Waals surface area contributed by atoms with E-state index in [4.69, 9.17) is 9.47 Å². The highest BCUT2D eigenvalue weighted by Gasteiger charge is 2.40. The van der Waals surface area contributed by atoms with Crippen LogP contribution < -0.4 is 9.47 Å². The Morgan fingerprint density at radius 1 is 1.20 bits per heavy atom. The third-order valence-corrected chi connectivity index (χ3v) is 6.17. The SMILES string of the molecule is CC1(C(=O)N2CC[C@H](c3ccc4c(c3)OCO4)[C@@H](O)C2)CCCCC1. The molecule has 5 nitrogen and oxygen atoms in total. The molecule has 1 aromatic rings. The minimum Gasteiger partial charge on any atom is -0.454 e. The summed E-state index contributed by atoms with van der Waals surface area (Å²) in [6.07, 6.45) is 5.70. The van der Waals surface area contributed by atoms with Crippen molar-refractivity contribution in [1.29, 1.82) is 0 Å². The lowest BCUT2D eigenvalue weighted by Crippen LogP contribution is -2.51. The quantitative estimate of drug-likeness (QED) is 0.895. The number of carbonyl (C=O) groups excluding carboxylic acids is 1. The fraction of sp³-hybridized carbons (Fsp3) is 0.650. The van der Waals surface area contributed by atoms with Crippen LogP contribution in [0.4, 0.5) is 0 Å². The molecule has 0 radical (unpaired) electrons. The molecular weight excluding hydrogens is 318 g/mol. The number of hydrogen-bond acceptors (Lipinski definition) is 4. The molecule has 1 saturated heterocycles. The number of benzene rings is 1. The second-order valence-corrected chi connectivity index (χ2v) is 7.95. The van der Waals surface area contributed by atoms with Crippen LogP contribution in [0.3, 0.4) is 0 Å². The van der Waals surface area contributed by atoms with Crippen LogP contribution in [-0.4, -0.2) is 41.9 Å². The van der Waals surface area contributed by atoms with Crippen LogP contribution in [0.5, 0.6) is 11.5 Å². The van der Waals surface area contributed by atoms with Crippen molar-refractivity contribution in [2.24, 2.45) is 5.41 Å². The molecule has 1 saturated carbocycles. The number of β-amino-alcohol motifs (C(OH)–C–C–N with tert-alkyl or cyclic N) is 1. The van der Waals surface area contributed by atoms with Crippen LogP contribution in [-0.2, 0) is 4.79 Å². The van der Waals surface area contributed by atoms with Gasteiger partial charge < -0.3 is 19.5 Å². The van der Waals surface area contributed by atoms with Gasteiger partial charge in [0.2, 0.25) is 12.7 Å². The van der Waals surface area contributed by atoms with Crippen molar-refractivity contribution >= 4 is 5.91 Å². The van der Waals surface area contributed by atoms with E-state index < -0.39 is 6.10 Å². The number of rotatable bonds is 2. The molecule has 3 aliphatic rings. The molecule has 0 unspecified atom stereocenters. The molecule has 0 bridgehead atoms. The van der Waals surface area contributed by atoms with Crippen LogP contribution in [0.25, 0.3) is 0 Å². The highest BCUT2D eigenvalue weighted by molar-refractivity contribution is 5.82. The second-order valence-electron chi connectivity index (χ2n) is 7.95. The van der Waals surface area contributed by atoms with Crippen LogP contribution in [0.2, 0.25) is 0 Å². The smallest absolute Gasteiger partial charge is 0.231 e. The minimum atomic E-state index is -0.537. The number of aliphatic hydroxyl groups is 1. The number of nitrogens with zero attached hydrogens (tertiary/aromatic N) is 1. The van der Waals surface area contributed by atoms with Gasteiger partial charge in [-0.25, -0.2) is 0 Å². The van der Waals surface area contributed by atoms with Gasteiger partial charge in [-0.15, -0.1) is 0 Å². The summed E-state index contributed by atoms with van der Waals surface area (Å²) in [4.78, 5) is 14.9. The summed E-state index contributed by atoms with van der Waals surface area (Å²) in [5.74, 6) is 1.78. The van der Waals surface area contributed by atoms with Crippen molar-refractivity contribution in [2.75, 3.05) is 19.9 Å². The summed E-state index contributed by atoms with van der Waals surface area (Å²) in [6, 6.07) is 5.88. The third-order valence-electron chi connectivity index (χ3n) is 6.17. The largest absolute Gasteiger partial charge is 0.454 e. The van der Waals surface area contributed by atoms with Crippen LogP contribution in [0.1, 0.15) is 56.9 Å². The van der Waals surface area contributed by atoms with Gasteiger partial charge in [0.15, 0.2) is 11.5 Å². The van der Waals surface area contributed by atoms with Gasteiger partial charge in [0.05, 0.1) is 6.10 Å². The van der Waals surface area contributed by atoms with Gasteiger partial charge in [0.25, 0.3) is 0 Å². The van der Waals surface area contributed by atoms with Gasteiger partial charge in [-0.3, -0.25) is 4.79 Å². The number of likely N-dealkylation sites (tertiary alicyclic amines) is 1. The molecule has 5 heteroatoms.